The third-order valence-corrected chi connectivity index (χ3v) is 6.21. The highest BCUT2D eigenvalue weighted by Crippen LogP contribution is 2.23. The van der Waals surface area contributed by atoms with Crippen LogP contribution in [0.1, 0.15) is 15.9 Å². The summed E-state index contributed by atoms with van der Waals surface area (Å²) in [5.74, 6) is -0.203. The fourth-order valence-electron chi connectivity index (χ4n) is 4.53. The van der Waals surface area contributed by atoms with E-state index in [9.17, 15) is 14.4 Å². The lowest BCUT2D eigenvalue weighted by molar-refractivity contribution is 0.0951. The predicted octanol–water partition coefficient (Wildman–Crippen LogP) is 4.61. The number of H-pyrrole nitrogens is 2. The highest BCUT2D eigenvalue weighted by atomic mass is 16.1. The molecule has 4 aromatic carbocycles. The van der Waals surface area contributed by atoms with Gasteiger partial charge in [0.2, 0.25) is 0 Å². The van der Waals surface area contributed by atoms with E-state index in [1.54, 1.807) is 30.3 Å². The molecule has 0 aliphatic heterocycles. The van der Waals surface area contributed by atoms with Crippen LogP contribution in [0, 0.1) is 0 Å². The molecule has 6 rings (SSSR count). The fourth-order valence-corrected chi connectivity index (χ4v) is 4.53. The van der Waals surface area contributed by atoms with Crippen LogP contribution < -0.4 is 16.2 Å². The van der Waals surface area contributed by atoms with Gasteiger partial charge in [-0.05, 0) is 48.0 Å². The van der Waals surface area contributed by atoms with Crippen LogP contribution in [0.4, 0.5) is 0 Å². The van der Waals surface area contributed by atoms with Crippen molar-refractivity contribution in [3.8, 4) is 0 Å². The first-order chi connectivity index (χ1) is 16.6. The van der Waals surface area contributed by atoms with Gasteiger partial charge in [0.15, 0.2) is 10.9 Å². The molecule has 0 atom stereocenters. The van der Waals surface area contributed by atoms with Gasteiger partial charge in [-0.25, -0.2) is 0 Å². The number of para-hydroxylation sites is 1. The summed E-state index contributed by atoms with van der Waals surface area (Å²) in [6, 6.07) is 25.3. The summed E-state index contributed by atoms with van der Waals surface area (Å²) >= 11 is 0. The van der Waals surface area contributed by atoms with E-state index in [2.05, 4.69) is 15.3 Å². The van der Waals surface area contributed by atoms with Crippen LogP contribution in [0.3, 0.4) is 0 Å². The van der Waals surface area contributed by atoms with Gasteiger partial charge in [0, 0.05) is 33.8 Å². The lowest BCUT2D eigenvalue weighted by Gasteiger charge is -2.11. The molecule has 0 spiro atoms. The lowest BCUT2D eigenvalue weighted by atomic mass is 10.0. The van der Waals surface area contributed by atoms with Crippen molar-refractivity contribution in [2.75, 3.05) is 0 Å². The molecular weight excluding hydrogens is 426 g/mol. The first kappa shape index (κ1) is 19.9. The molecule has 0 fully saturated rings. The van der Waals surface area contributed by atoms with Crippen molar-refractivity contribution >= 4 is 49.5 Å². The Labute approximate surface area is 192 Å². The Morgan fingerprint density at radius 1 is 0.647 bits per heavy atom. The summed E-state index contributed by atoms with van der Waals surface area (Å²) in [5, 5.41) is 5.03. The van der Waals surface area contributed by atoms with E-state index in [0.29, 0.717) is 43.7 Å². The summed E-state index contributed by atoms with van der Waals surface area (Å²) in [5.41, 5.74) is 3.63. The highest BCUT2D eigenvalue weighted by Gasteiger charge is 2.14. The maximum absolute atomic E-state index is 13.6. The third kappa shape index (κ3) is 3.16. The van der Waals surface area contributed by atoms with Crippen LogP contribution in [0.2, 0.25) is 0 Å². The van der Waals surface area contributed by atoms with E-state index in [4.69, 9.17) is 0 Å². The van der Waals surface area contributed by atoms with Gasteiger partial charge in [-0.3, -0.25) is 14.4 Å². The predicted molar refractivity (Wildman–Crippen MR) is 135 cm³/mol. The van der Waals surface area contributed by atoms with Crippen molar-refractivity contribution in [1.29, 1.82) is 0 Å². The van der Waals surface area contributed by atoms with E-state index in [1.807, 2.05) is 54.6 Å². The van der Waals surface area contributed by atoms with Crippen molar-refractivity contribution in [3.05, 3.63) is 117 Å². The summed E-state index contributed by atoms with van der Waals surface area (Å²) in [7, 11) is 0. The molecule has 6 aromatic rings. The number of benzene rings is 4. The molecular formula is C28H19N3O3. The molecule has 0 saturated carbocycles. The third-order valence-electron chi connectivity index (χ3n) is 6.21. The number of aromatic nitrogens is 2. The first-order valence-corrected chi connectivity index (χ1v) is 11.0. The van der Waals surface area contributed by atoms with Gasteiger partial charge >= 0.3 is 0 Å². The minimum absolute atomic E-state index is 0.0791. The van der Waals surface area contributed by atoms with Gasteiger partial charge in [0.1, 0.15) is 0 Å². The number of hydrogen-bond donors (Lipinski definition) is 3. The van der Waals surface area contributed by atoms with Gasteiger partial charge in [-0.1, -0.05) is 42.5 Å². The topological polar surface area (TPSA) is 94.8 Å². The van der Waals surface area contributed by atoms with E-state index in [-0.39, 0.29) is 23.3 Å². The molecule has 1 amide bonds. The quantitative estimate of drug-likeness (QED) is 0.347. The van der Waals surface area contributed by atoms with Crippen LogP contribution in [-0.2, 0) is 6.54 Å². The Bertz CT molecular complexity index is 1870. The summed E-state index contributed by atoms with van der Waals surface area (Å²) in [4.78, 5) is 45.7. The molecule has 0 saturated heterocycles. The average Bonchev–Trinajstić information content (AvgIpc) is 2.87. The second-order valence-electron chi connectivity index (χ2n) is 8.29. The van der Waals surface area contributed by atoms with Crippen LogP contribution in [0.5, 0.6) is 0 Å². The number of amides is 1. The normalized spacial score (nSPS) is 11.4. The molecule has 2 aromatic heterocycles. The van der Waals surface area contributed by atoms with Crippen molar-refractivity contribution in [3.63, 3.8) is 0 Å². The Kier molecular flexibility index (Phi) is 4.52. The van der Waals surface area contributed by atoms with Crippen LogP contribution >= 0.6 is 0 Å². The van der Waals surface area contributed by atoms with Crippen LogP contribution in [0.25, 0.3) is 43.6 Å². The maximum Gasteiger partial charge on any atom is 0.251 e. The molecule has 6 heteroatoms. The summed E-state index contributed by atoms with van der Waals surface area (Å²) in [6.45, 7) is 0.217. The van der Waals surface area contributed by atoms with Gasteiger partial charge in [-0.2, -0.15) is 0 Å². The molecule has 164 valence electrons. The largest absolute Gasteiger partial charge is 0.354 e. The number of aromatic amines is 2. The molecule has 0 aliphatic carbocycles. The second-order valence-corrected chi connectivity index (χ2v) is 8.29. The Morgan fingerprint density at radius 2 is 1.29 bits per heavy atom. The zero-order valence-electron chi connectivity index (χ0n) is 18.0. The van der Waals surface area contributed by atoms with E-state index >= 15 is 0 Å². The van der Waals surface area contributed by atoms with Crippen molar-refractivity contribution in [2.24, 2.45) is 0 Å². The lowest BCUT2D eigenvalue weighted by Crippen LogP contribution is -2.23. The molecule has 0 bridgehead atoms. The van der Waals surface area contributed by atoms with Gasteiger partial charge in [-0.15, -0.1) is 0 Å². The number of rotatable bonds is 3. The molecule has 34 heavy (non-hydrogen) atoms. The minimum Gasteiger partial charge on any atom is -0.354 e. The Hall–Kier alpha value is -4.71. The zero-order valence-corrected chi connectivity index (χ0v) is 18.0. The highest BCUT2D eigenvalue weighted by molar-refractivity contribution is 6.03. The average molecular weight is 445 g/mol. The molecule has 0 aliphatic rings. The Morgan fingerprint density at radius 3 is 2.09 bits per heavy atom. The number of nitrogens with one attached hydrogen (secondary N) is 3. The number of carbonyl (C=O) groups excluding carboxylic acids is 1. The maximum atomic E-state index is 13.6. The van der Waals surface area contributed by atoms with Gasteiger partial charge < -0.3 is 15.3 Å². The minimum atomic E-state index is -0.203. The van der Waals surface area contributed by atoms with Gasteiger partial charge in [0.05, 0.1) is 21.9 Å². The van der Waals surface area contributed by atoms with Crippen molar-refractivity contribution in [1.82, 2.24) is 15.3 Å². The first-order valence-electron chi connectivity index (χ1n) is 11.0. The zero-order chi connectivity index (χ0) is 23.2. The van der Waals surface area contributed by atoms with E-state index in [1.165, 1.54) is 0 Å². The van der Waals surface area contributed by atoms with Crippen molar-refractivity contribution < 1.29 is 4.79 Å². The van der Waals surface area contributed by atoms with Crippen molar-refractivity contribution in [2.45, 2.75) is 6.54 Å². The smallest absolute Gasteiger partial charge is 0.251 e. The van der Waals surface area contributed by atoms with E-state index in [0.717, 1.165) is 11.1 Å². The number of fused-ring (bicyclic) bond motifs is 4. The van der Waals surface area contributed by atoms with Gasteiger partial charge in [0.25, 0.3) is 5.91 Å². The summed E-state index contributed by atoms with van der Waals surface area (Å²) in [6.07, 6.45) is 0. The second kappa shape index (κ2) is 7.71. The van der Waals surface area contributed by atoms with E-state index < -0.39 is 0 Å². The Balaban J connectivity index is 1.51. The molecule has 0 unspecified atom stereocenters. The molecule has 2 heterocycles. The van der Waals surface area contributed by atoms with Crippen LogP contribution in [0.15, 0.2) is 94.5 Å². The number of pyridine rings is 2. The fraction of sp³-hybridized carbons (Fsp3) is 0.0357. The molecule has 6 nitrogen and oxygen atoms in total. The number of hydrogen-bond acceptors (Lipinski definition) is 3. The monoisotopic (exact) mass is 445 g/mol. The number of carbonyl (C=O) groups is 1. The van der Waals surface area contributed by atoms with Crippen LogP contribution in [-0.4, -0.2) is 15.9 Å². The molecule has 0 radical (unpaired) electrons. The SMILES string of the molecule is O=C(NCc1cccc2[nH]c3cc4c(=O)c5ccccc5[nH]c4cc3c(=O)c12)c1ccccc1. The summed E-state index contributed by atoms with van der Waals surface area (Å²) < 4.78 is 0. The molecule has 3 N–H and O–H groups in total. The standard InChI is InChI=1S/C28H19N3O3/c32-26-18-10-4-5-11-21(18)30-23-14-20-24(13-19(23)26)31-22-12-6-9-17(25(22)27(20)33)15-29-28(34)16-7-2-1-3-8-16/h1-14H,15H2,(H,29,34)(H,30,32)(H,31,33).